The second-order valence-electron chi connectivity index (χ2n) is 6.57. The van der Waals surface area contributed by atoms with Gasteiger partial charge in [0.25, 0.3) is 0 Å². The summed E-state index contributed by atoms with van der Waals surface area (Å²) in [5.74, 6) is 0.478. The molecule has 3 atom stereocenters. The Morgan fingerprint density at radius 3 is 2.50 bits per heavy atom. The Bertz CT molecular complexity index is 628. The molecule has 124 valence electrons. The zero-order chi connectivity index (χ0) is 16.5. The molecule has 6 nitrogen and oxygen atoms in total. The van der Waals surface area contributed by atoms with Crippen molar-refractivity contribution < 1.29 is 17.7 Å². The SMILES string of the molecule is Cc1cc(CS(=O)(=O)[C@H](C)C(=O)N2C[C@@H](C)C[C@H](C)C2)on1. The fourth-order valence-electron chi connectivity index (χ4n) is 3.06. The van der Waals surface area contributed by atoms with E-state index in [4.69, 9.17) is 4.52 Å². The van der Waals surface area contributed by atoms with Crippen LogP contribution in [0.2, 0.25) is 0 Å². The number of aryl methyl sites for hydroxylation is 1. The second-order valence-corrected chi connectivity index (χ2v) is 8.89. The van der Waals surface area contributed by atoms with Gasteiger partial charge in [0.15, 0.2) is 15.6 Å². The lowest BCUT2D eigenvalue weighted by molar-refractivity contribution is -0.133. The summed E-state index contributed by atoms with van der Waals surface area (Å²) < 4.78 is 29.8. The molecule has 0 spiro atoms. The molecule has 0 radical (unpaired) electrons. The van der Waals surface area contributed by atoms with Crippen LogP contribution in [0, 0.1) is 18.8 Å². The molecule has 0 unspecified atom stereocenters. The van der Waals surface area contributed by atoms with Gasteiger partial charge in [-0.15, -0.1) is 0 Å². The molecule has 2 heterocycles. The van der Waals surface area contributed by atoms with Crippen LogP contribution in [0.15, 0.2) is 10.6 Å². The van der Waals surface area contributed by atoms with E-state index in [1.54, 1.807) is 17.9 Å². The van der Waals surface area contributed by atoms with Crippen molar-refractivity contribution in [3.05, 3.63) is 17.5 Å². The minimum Gasteiger partial charge on any atom is -0.360 e. The van der Waals surface area contributed by atoms with Crippen molar-refractivity contribution in [3.8, 4) is 0 Å². The molecule has 0 N–H and O–H groups in total. The topological polar surface area (TPSA) is 80.5 Å². The quantitative estimate of drug-likeness (QED) is 0.842. The molecule has 7 heteroatoms. The highest BCUT2D eigenvalue weighted by Crippen LogP contribution is 2.23. The van der Waals surface area contributed by atoms with Crippen molar-refractivity contribution in [1.29, 1.82) is 0 Å². The van der Waals surface area contributed by atoms with E-state index in [1.807, 2.05) is 0 Å². The summed E-state index contributed by atoms with van der Waals surface area (Å²) in [6.07, 6.45) is 1.07. The first kappa shape index (κ1) is 17.0. The minimum absolute atomic E-state index is 0.275. The van der Waals surface area contributed by atoms with Crippen LogP contribution in [0.1, 0.15) is 38.6 Å². The first-order valence-corrected chi connectivity index (χ1v) is 9.33. The van der Waals surface area contributed by atoms with E-state index in [2.05, 4.69) is 19.0 Å². The molecule has 1 saturated heterocycles. The zero-order valence-electron chi connectivity index (χ0n) is 13.6. The smallest absolute Gasteiger partial charge is 0.240 e. The number of carbonyl (C=O) groups is 1. The van der Waals surface area contributed by atoms with Crippen LogP contribution < -0.4 is 0 Å². The van der Waals surface area contributed by atoms with E-state index in [0.29, 0.717) is 30.6 Å². The Morgan fingerprint density at radius 2 is 2.00 bits per heavy atom. The number of hydrogen-bond donors (Lipinski definition) is 0. The maximum atomic E-state index is 12.5. The highest BCUT2D eigenvalue weighted by Gasteiger charge is 2.35. The van der Waals surface area contributed by atoms with Gasteiger partial charge in [0.1, 0.15) is 11.0 Å². The number of sulfone groups is 1. The number of amides is 1. The molecular weight excluding hydrogens is 304 g/mol. The highest BCUT2D eigenvalue weighted by molar-refractivity contribution is 7.92. The van der Waals surface area contributed by atoms with E-state index in [1.165, 1.54) is 6.92 Å². The number of carbonyl (C=O) groups excluding carboxylic acids is 1. The first-order chi connectivity index (χ1) is 10.2. The predicted octanol–water partition coefficient (Wildman–Crippen LogP) is 1.79. The summed E-state index contributed by atoms with van der Waals surface area (Å²) in [4.78, 5) is 14.2. The van der Waals surface area contributed by atoms with Gasteiger partial charge in [0, 0.05) is 19.2 Å². The molecule has 2 rings (SSSR count). The fraction of sp³-hybridized carbons (Fsp3) is 0.733. The molecule has 0 aliphatic carbocycles. The lowest BCUT2D eigenvalue weighted by atomic mass is 9.92. The van der Waals surface area contributed by atoms with Crippen LogP contribution in [-0.2, 0) is 20.4 Å². The summed E-state index contributed by atoms with van der Waals surface area (Å²) in [7, 11) is -3.61. The number of piperidine rings is 1. The van der Waals surface area contributed by atoms with Crippen molar-refractivity contribution in [2.45, 2.75) is 45.1 Å². The number of nitrogens with zero attached hydrogens (tertiary/aromatic N) is 2. The fourth-order valence-corrected chi connectivity index (χ4v) is 4.30. The molecule has 1 aliphatic heterocycles. The van der Waals surface area contributed by atoms with E-state index in [-0.39, 0.29) is 17.4 Å². The van der Waals surface area contributed by atoms with Gasteiger partial charge in [0.2, 0.25) is 5.91 Å². The van der Waals surface area contributed by atoms with Crippen LogP contribution in [0.3, 0.4) is 0 Å². The number of hydrogen-bond acceptors (Lipinski definition) is 5. The van der Waals surface area contributed by atoms with Gasteiger partial charge in [-0.05, 0) is 32.1 Å². The van der Waals surface area contributed by atoms with Crippen molar-refractivity contribution in [1.82, 2.24) is 10.1 Å². The molecule has 0 aromatic carbocycles. The molecule has 1 fully saturated rings. The third-order valence-corrected chi connectivity index (χ3v) is 6.05. The molecule has 1 amide bonds. The standard InChI is InChI=1S/C15H24N2O4S/c1-10-5-11(2)8-17(7-10)15(18)13(4)22(19,20)9-14-6-12(3)16-21-14/h6,10-11,13H,5,7-9H2,1-4H3/t10-,11-,13+/m0/s1. The summed E-state index contributed by atoms with van der Waals surface area (Å²) >= 11 is 0. The molecule has 0 bridgehead atoms. The van der Waals surface area contributed by atoms with Crippen LogP contribution in [0.25, 0.3) is 0 Å². The molecule has 1 aromatic heterocycles. The average Bonchev–Trinajstić information content (AvgIpc) is 2.80. The Hall–Kier alpha value is -1.37. The first-order valence-electron chi connectivity index (χ1n) is 7.61. The van der Waals surface area contributed by atoms with Gasteiger partial charge in [-0.25, -0.2) is 8.42 Å². The minimum atomic E-state index is -3.61. The maximum Gasteiger partial charge on any atom is 0.240 e. The van der Waals surface area contributed by atoms with E-state index >= 15 is 0 Å². The highest BCUT2D eigenvalue weighted by atomic mass is 32.2. The normalized spacial score (nSPS) is 24.3. The molecular formula is C15H24N2O4S. The predicted molar refractivity (Wildman–Crippen MR) is 82.9 cm³/mol. The van der Waals surface area contributed by atoms with E-state index in [0.717, 1.165) is 6.42 Å². The Balaban J connectivity index is 2.08. The monoisotopic (exact) mass is 328 g/mol. The molecule has 1 aromatic rings. The van der Waals surface area contributed by atoms with Gasteiger partial charge < -0.3 is 9.42 Å². The van der Waals surface area contributed by atoms with Crippen molar-refractivity contribution in [2.24, 2.45) is 11.8 Å². The van der Waals surface area contributed by atoms with Crippen LogP contribution in [0.4, 0.5) is 0 Å². The van der Waals surface area contributed by atoms with Gasteiger partial charge in [-0.3, -0.25) is 4.79 Å². The summed E-state index contributed by atoms with van der Waals surface area (Å²) in [5.41, 5.74) is 0.628. The summed E-state index contributed by atoms with van der Waals surface area (Å²) in [6.45, 7) is 8.63. The average molecular weight is 328 g/mol. The molecule has 1 aliphatic rings. The van der Waals surface area contributed by atoms with Gasteiger partial charge in [-0.2, -0.15) is 0 Å². The Morgan fingerprint density at radius 1 is 1.41 bits per heavy atom. The lowest BCUT2D eigenvalue weighted by Crippen LogP contribution is -2.48. The van der Waals surface area contributed by atoms with Crippen molar-refractivity contribution in [3.63, 3.8) is 0 Å². The number of aromatic nitrogens is 1. The van der Waals surface area contributed by atoms with Gasteiger partial charge >= 0.3 is 0 Å². The second kappa shape index (κ2) is 6.40. The van der Waals surface area contributed by atoms with Crippen LogP contribution in [0.5, 0.6) is 0 Å². The number of rotatable bonds is 4. The van der Waals surface area contributed by atoms with Crippen molar-refractivity contribution >= 4 is 15.7 Å². The van der Waals surface area contributed by atoms with Crippen molar-refractivity contribution in [2.75, 3.05) is 13.1 Å². The molecule has 22 heavy (non-hydrogen) atoms. The Kier molecular flexibility index (Phi) is 4.94. The molecule has 0 saturated carbocycles. The van der Waals surface area contributed by atoms with E-state index in [9.17, 15) is 13.2 Å². The number of likely N-dealkylation sites (tertiary alicyclic amines) is 1. The summed E-state index contributed by atoms with van der Waals surface area (Å²) in [6, 6.07) is 1.58. The zero-order valence-corrected chi connectivity index (χ0v) is 14.4. The van der Waals surface area contributed by atoms with Gasteiger partial charge in [-0.1, -0.05) is 19.0 Å². The van der Waals surface area contributed by atoms with Crippen LogP contribution in [-0.4, -0.2) is 42.7 Å². The Labute approximate surface area is 131 Å². The third kappa shape index (κ3) is 3.88. The van der Waals surface area contributed by atoms with E-state index < -0.39 is 15.1 Å². The van der Waals surface area contributed by atoms with Gasteiger partial charge in [0.05, 0.1) is 5.69 Å². The largest absolute Gasteiger partial charge is 0.360 e. The lowest BCUT2D eigenvalue weighted by Gasteiger charge is -2.36. The maximum absolute atomic E-state index is 12.5. The van der Waals surface area contributed by atoms with Crippen LogP contribution >= 0.6 is 0 Å². The third-order valence-electron chi connectivity index (χ3n) is 4.09. The summed E-state index contributed by atoms with van der Waals surface area (Å²) in [5, 5.41) is 2.62.